The fourth-order valence-electron chi connectivity index (χ4n) is 3.27. The second-order valence-electron chi connectivity index (χ2n) is 7.86. The number of hydrogen-bond donors (Lipinski definition) is 1. The average Bonchev–Trinajstić information content (AvgIpc) is 2.81. The summed E-state index contributed by atoms with van der Waals surface area (Å²) in [5, 5.41) is 2.99. The molecule has 0 bridgehead atoms. The highest BCUT2D eigenvalue weighted by atomic mass is 16.5. The monoisotopic (exact) mass is 433 g/mol. The summed E-state index contributed by atoms with van der Waals surface area (Å²) in [6.07, 6.45) is 2.45. The van der Waals surface area contributed by atoms with Crippen molar-refractivity contribution in [3.05, 3.63) is 89.7 Å². The number of urea groups is 1. The number of hydrogen-bond acceptors (Lipinski definition) is 4. The van der Waals surface area contributed by atoms with Crippen molar-refractivity contribution in [3.8, 4) is 11.5 Å². The van der Waals surface area contributed by atoms with E-state index in [1.807, 2.05) is 80.6 Å². The number of ether oxygens (including phenoxy) is 2. The smallest absolute Gasteiger partial charge is 0.317 e. The van der Waals surface area contributed by atoms with Gasteiger partial charge in [0.25, 0.3) is 0 Å². The molecule has 0 aliphatic heterocycles. The standard InChI is InChI=1S/C26H31N3O3/c1-20(2)28-26(30)29(16-14-23-11-7-8-15-27-23)18-22-12-13-24(25(17-22)31-3)32-19-21-9-5-4-6-10-21/h4-13,15,17,20H,14,16,18-19H2,1-3H3,(H,28,30). The Balaban J connectivity index is 1.70. The lowest BCUT2D eigenvalue weighted by Crippen LogP contribution is -2.43. The molecule has 168 valence electrons. The molecule has 0 spiro atoms. The molecule has 0 saturated carbocycles. The number of benzene rings is 2. The molecule has 0 unspecified atom stereocenters. The van der Waals surface area contributed by atoms with E-state index in [1.54, 1.807) is 18.2 Å². The minimum absolute atomic E-state index is 0.0585. The van der Waals surface area contributed by atoms with Gasteiger partial charge in [0.15, 0.2) is 11.5 Å². The van der Waals surface area contributed by atoms with Crippen LogP contribution in [-0.4, -0.2) is 35.6 Å². The fourth-order valence-corrected chi connectivity index (χ4v) is 3.27. The molecule has 0 radical (unpaired) electrons. The molecular weight excluding hydrogens is 402 g/mol. The molecule has 6 nitrogen and oxygen atoms in total. The fraction of sp³-hybridized carbons (Fsp3) is 0.308. The Labute approximate surface area is 190 Å². The molecule has 32 heavy (non-hydrogen) atoms. The van der Waals surface area contributed by atoms with E-state index in [-0.39, 0.29) is 12.1 Å². The Morgan fingerprint density at radius 1 is 1.00 bits per heavy atom. The quantitative estimate of drug-likeness (QED) is 0.497. The zero-order valence-electron chi connectivity index (χ0n) is 19.0. The van der Waals surface area contributed by atoms with Crippen LogP contribution in [0.3, 0.4) is 0 Å². The third kappa shape index (κ3) is 7.01. The van der Waals surface area contributed by atoms with E-state index >= 15 is 0 Å². The van der Waals surface area contributed by atoms with Gasteiger partial charge in [0.05, 0.1) is 7.11 Å². The van der Waals surface area contributed by atoms with Gasteiger partial charge in [0.2, 0.25) is 0 Å². The summed E-state index contributed by atoms with van der Waals surface area (Å²) in [4.78, 5) is 19.0. The van der Waals surface area contributed by atoms with E-state index in [2.05, 4.69) is 10.3 Å². The number of nitrogens with zero attached hydrogens (tertiary/aromatic N) is 2. The number of methoxy groups -OCH3 is 1. The minimum atomic E-state index is -0.0979. The van der Waals surface area contributed by atoms with Gasteiger partial charge in [-0.05, 0) is 49.2 Å². The molecule has 0 atom stereocenters. The summed E-state index contributed by atoms with van der Waals surface area (Å²) in [6, 6.07) is 21.6. The van der Waals surface area contributed by atoms with Crippen LogP contribution >= 0.6 is 0 Å². The van der Waals surface area contributed by atoms with Crippen LogP contribution in [0.25, 0.3) is 0 Å². The van der Waals surface area contributed by atoms with Crippen molar-refractivity contribution in [1.29, 1.82) is 0 Å². The number of nitrogens with one attached hydrogen (secondary N) is 1. The Morgan fingerprint density at radius 2 is 1.78 bits per heavy atom. The molecule has 1 aromatic heterocycles. The van der Waals surface area contributed by atoms with Crippen LogP contribution in [-0.2, 0) is 19.6 Å². The number of pyridine rings is 1. The zero-order chi connectivity index (χ0) is 22.8. The Bertz CT molecular complexity index is 978. The van der Waals surface area contributed by atoms with Crippen molar-refractivity contribution in [3.63, 3.8) is 0 Å². The third-order valence-electron chi connectivity index (χ3n) is 4.90. The van der Waals surface area contributed by atoms with Gasteiger partial charge in [-0.15, -0.1) is 0 Å². The summed E-state index contributed by atoms with van der Waals surface area (Å²) in [6.45, 7) is 5.39. The lowest BCUT2D eigenvalue weighted by atomic mass is 10.1. The lowest BCUT2D eigenvalue weighted by molar-refractivity contribution is 0.193. The van der Waals surface area contributed by atoms with Crippen molar-refractivity contribution in [2.24, 2.45) is 0 Å². The van der Waals surface area contributed by atoms with Crippen molar-refractivity contribution in [1.82, 2.24) is 15.2 Å². The van der Waals surface area contributed by atoms with E-state index in [4.69, 9.17) is 9.47 Å². The highest BCUT2D eigenvalue weighted by Crippen LogP contribution is 2.29. The average molecular weight is 434 g/mol. The normalized spacial score (nSPS) is 10.6. The van der Waals surface area contributed by atoms with Gasteiger partial charge in [-0.25, -0.2) is 4.79 Å². The first-order chi connectivity index (χ1) is 15.5. The highest BCUT2D eigenvalue weighted by molar-refractivity contribution is 5.74. The molecule has 6 heteroatoms. The second-order valence-corrected chi connectivity index (χ2v) is 7.86. The van der Waals surface area contributed by atoms with Crippen molar-refractivity contribution in [2.75, 3.05) is 13.7 Å². The van der Waals surface area contributed by atoms with Gasteiger partial charge < -0.3 is 19.7 Å². The Hall–Kier alpha value is -3.54. The lowest BCUT2D eigenvalue weighted by Gasteiger charge is -2.25. The second kappa shape index (κ2) is 11.7. The SMILES string of the molecule is COc1cc(CN(CCc2ccccn2)C(=O)NC(C)C)ccc1OCc1ccccc1. The van der Waals surface area contributed by atoms with Crippen molar-refractivity contribution >= 4 is 6.03 Å². The molecule has 0 aliphatic rings. The van der Waals surface area contributed by atoms with Gasteiger partial charge in [-0.3, -0.25) is 4.98 Å². The summed E-state index contributed by atoms with van der Waals surface area (Å²) < 4.78 is 11.5. The Kier molecular flexibility index (Phi) is 8.49. The summed E-state index contributed by atoms with van der Waals surface area (Å²) in [5.41, 5.74) is 3.01. The maximum Gasteiger partial charge on any atom is 0.317 e. The molecule has 0 saturated heterocycles. The number of aromatic nitrogens is 1. The molecule has 0 fully saturated rings. The number of carbonyl (C=O) groups excluding carboxylic acids is 1. The summed E-state index contributed by atoms with van der Waals surface area (Å²) in [7, 11) is 1.62. The molecule has 1 heterocycles. The van der Waals surface area contributed by atoms with Crippen LogP contribution < -0.4 is 14.8 Å². The number of amides is 2. The zero-order valence-corrected chi connectivity index (χ0v) is 19.0. The van der Waals surface area contributed by atoms with Gasteiger partial charge >= 0.3 is 6.03 Å². The first-order valence-electron chi connectivity index (χ1n) is 10.8. The van der Waals surface area contributed by atoms with Crippen LogP contribution in [0.5, 0.6) is 11.5 Å². The first-order valence-corrected chi connectivity index (χ1v) is 10.8. The molecule has 2 amide bonds. The van der Waals surface area contributed by atoms with Crippen LogP contribution in [0.4, 0.5) is 4.79 Å². The summed E-state index contributed by atoms with van der Waals surface area (Å²) in [5.74, 6) is 1.32. The third-order valence-corrected chi connectivity index (χ3v) is 4.90. The van der Waals surface area contributed by atoms with E-state index in [9.17, 15) is 4.79 Å². The van der Waals surface area contributed by atoms with E-state index in [0.29, 0.717) is 37.6 Å². The minimum Gasteiger partial charge on any atom is -0.493 e. The predicted octanol–water partition coefficient (Wildman–Crippen LogP) is 4.83. The van der Waals surface area contributed by atoms with Crippen LogP contribution in [0.1, 0.15) is 30.7 Å². The van der Waals surface area contributed by atoms with Gasteiger partial charge in [-0.1, -0.05) is 42.5 Å². The molecule has 1 N–H and O–H groups in total. The summed E-state index contributed by atoms with van der Waals surface area (Å²) >= 11 is 0. The number of carbonyl (C=O) groups is 1. The van der Waals surface area contributed by atoms with E-state index in [0.717, 1.165) is 16.8 Å². The number of rotatable bonds is 10. The largest absolute Gasteiger partial charge is 0.493 e. The Morgan fingerprint density at radius 3 is 2.47 bits per heavy atom. The van der Waals surface area contributed by atoms with Crippen LogP contribution in [0.2, 0.25) is 0 Å². The molecule has 2 aromatic carbocycles. The molecule has 3 aromatic rings. The molecule has 0 aliphatic carbocycles. The van der Waals surface area contributed by atoms with Crippen LogP contribution in [0, 0.1) is 0 Å². The first kappa shape index (κ1) is 23.1. The highest BCUT2D eigenvalue weighted by Gasteiger charge is 2.16. The van der Waals surface area contributed by atoms with Gasteiger partial charge in [0.1, 0.15) is 6.61 Å². The van der Waals surface area contributed by atoms with Crippen molar-refractivity contribution in [2.45, 2.75) is 39.5 Å². The molecule has 3 rings (SSSR count). The predicted molar refractivity (Wildman–Crippen MR) is 126 cm³/mol. The topological polar surface area (TPSA) is 63.7 Å². The van der Waals surface area contributed by atoms with E-state index in [1.165, 1.54) is 0 Å². The van der Waals surface area contributed by atoms with Crippen molar-refractivity contribution < 1.29 is 14.3 Å². The van der Waals surface area contributed by atoms with Crippen LogP contribution in [0.15, 0.2) is 72.9 Å². The molecular formula is C26H31N3O3. The maximum absolute atomic E-state index is 12.8. The maximum atomic E-state index is 12.8. The van der Waals surface area contributed by atoms with Gasteiger partial charge in [0, 0.05) is 37.4 Å². The van der Waals surface area contributed by atoms with E-state index < -0.39 is 0 Å². The van der Waals surface area contributed by atoms with Gasteiger partial charge in [-0.2, -0.15) is 0 Å².